The summed E-state index contributed by atoms with van der Waals surface area (Å²) in [5, 5.41) is 17.6. The highest BCUT2D eigenvalue weighted by Crippen LogP contribution is 1.96. The molecule has 0 saturated heterocycles. The van der Waals surface area contributed by atoms with Gasteiger partial charge in [0.25, 0.3) is 10.2 Å². The van der Waals surface area contributed by atoms with E-state index in [0.717, 1.165) is 0 Å². The standard InChI is InChI=1S/C5H10N2O6/c8-6(9)12-4-2-1-3-5-13-7(10)11/h1-5H2. The van der Waals surface area contributed by atoms with Gasteiger partial charge < -0.3 is 9.68 Å². The van der Waals surface area contributed by atoms with Gasteiger partial charge in [-0.3, -0.25) is 0 Å². The quantitative estimate of drug-likeness (QED) is 0.318. The molecule has 0 aliphatic carbocycles. The Morgan fingerprint density at radius 2 is 1.23 bits per heavy atom. The number of rotatable bonds is 8. The lowest BCUT2D eigenvalue weighted by atomic mass is 10.2. The fourth-order valence-electron chi connectivity index (χ4n) is 0.659. The van der Waals surface area contributed by atoms with E-state index < -0.39 is 10.2 Å². The molecule has 0 radical (unpaired) electrons. The second kappa shape index (κ2) is 7.07. The summed E-state index contributed by atoms with van der Waals surface area (Å²) in [7, 11) is 0. The minimum atomic E-state index is -0.868. The maximum Gasteiger partial charge on any atom is 0.294 e. The van der Waals surface area contributed by atoms with Crippen molar-refractivity contribution < 1.29 is 19.8 Å². The molecule has 0 atom stereocenters. The number of hydrogen-bond acceptors (Lipinski definition) is 6. The Kier molecular flexibility index (Phi) is 6.20. The molecule has 8 nitrogen and oxygen atoms in total. The second-order valence-electron chi connectivity index (χ2n) is 2.17. The maximum atomic E-state index is 9.65. The summed E-state index contributed by atoms with van der Waals surface area (Å²) in [6, 6.07) is 0. The predicted molar refractivity (Wildman–Crippen MR) is 39.7 cm³/mol. The average Bonchev–Trinajstić information content (AvgIpc) is 2.01. The van der Waals surface area contributed by atoms with Crippen LogP contribution in [0.3, 0.4) is 0 Å². The van der Waals surface area contributed by atoms with E-state index in [0.29, 0.717) is 19.3 Å². The minimum Gasteiger partial charge on any atom is -0.314 e. The van der Waals surface area contributed by atoms with Gasteiger partial charge in [-0.25, -0.2) is 0 Å². The molecule has 0 spiro atoms. The molecule has 0 aliphatic heterocycles. The van der Waals surface area contributed by atoms with Crippen molar-refractivity contribution in [2.75, 3.05) is 13.2 Å². The van der Waals surface area contributed by atoms with Gasteiger partial charge in [0.15, 0.2) is 0 Å². The maximum absolute atomic E-state index is 9.65. The number of hydrogen-bond donors (Lipinski definition) is 0. The highest BCUT2D eigenvalue weighted by Gasteiger charge is 1.96. The predicted octanol–water partition coefficient (Wildman–Crippen LogP) is 0.573. The Balaban J connectivity index is 3.00. The molecule has 0 fully saturated rings. The van der Waals surface area contributed by atoms with E-state index in [-0.39, 0.29) is 13.2 Å². The van der Waals surface area contributed by atoms with E-state index in [1.807, 2.05) is 0 Å². The lowest BCUT2D eigenvalue weighted by molar-refractivity contribution is -0.758. The number of nitrogens with zero attached hydrogens (tertiary/aromatic N) is 2. The van der Waals surface area contributed by atoms with Crippen LogP contribution >= 0.6 is 0 Å². The van der Waals surface area contributed by atoms with Crippen molar-refractivity contribution >= 4 is 0 Å². The van der Waals surface area contributed by atoms with Crippen LogP contribution in [0.15, 0.2) is 0 Å². The van der Waals surface area contributed by atoms with Gasteiger partial charge in [0.2, 0.25) is 0 Å². The van der Waals surface area contributed by atoms with Crippen molar-refractivity contribution in [2.45, 2.75) is 19.3 Å². The third-order valence-corrected chi connectivity index (χ3v) is 1.18. The van der Waals surface area contributed by atoms with Gasteiger partial charge >= 0.3 is 0 Å². The summed E-state index contributed by atoms with van der Waals surface area (Å²) >= 11 is 0. The van der Waals surface area contributed by atoms with Crippen molar-refractivity contribution in [3.8, 4) is 0 Å². The van der Waals surface area contributed by atoms with Crippen LogP contribution < -0.4 is 0 Å². The van der Waals surface area contributed by atoms with Crippen molar-refractivity contribution in [3.05, 3.63) is 20.2 Å². The molecule has 0 aromatic rings. The first-order valence-electron chi connectivity index (χ1n) is 3.67. The van der Waals surface area contributed by atoms with Gasteiger partial charge in [0.05, 0.1) is 13.2 Å². The molecular formula is C5H10N2O6. The second-order valence-corrected chi connectivity index (χ2v) is 2.17. The van der Waals surface area contributed by atoms with E-state index in [2.05, 4.69) is 9.68 Å². The smallest absolute Gasteiger partial charge is 0.294 e. The van der Waals surface area contributed by atoms with Crippen LogP contribution in [-0.2, 0) is 9.68 Å². The number of unbranched alkanes of at least 4 members (excludes halogenated alkanes) is 2. The van der Waals surface area contributed by atoms with Crippen LogP contribution in [0.5, 0.6) is 0 Å². The molecule has 0 aromatic carbocycles. The highest BCUT2D eigenvalue weighted by molar-refractivity contribution is 4.37. The molecule has 0 saturated carbocycles. The van der Waals surface area contributed by atoms with Gasteiger partial charge in [-0.05, 0) is 19.3 Å². The molecule has 8 heteroatoms. The van der Waals surface area contributed by atoms with Crippen molar-refractivity contribution in [3.63, 3.8) is 0 Å². The topological polar surface area (TPSA) is 105 Å². The lowest BCUT2D eigenvalue weighted by Crippen LogP contribution is -2.04. The van der Waals surface area contributed by atoms with Crippen LogP contribution in [0, 0.1) is 20.2 Å². The summed E-state index contributed by atoms with van der Waals surface area (Å²) in [5.41, 5.74) is 0. The lowest BCUT2D eigenvalue weighted by Gasteiger charge is -1.99. The summed E-state index contributed by atoms with van der Waals surface area (Å²) in [6.07, 6.45) is 1.58. The molecule has 0 unspecified atom stereocenters. The summed E-state index contributed by atoms with van der Waals surface area (Å²) in [4.78, 5) is 27.3. The largest absolute Gasteiger partial charge is 0.314 e. The van der Waals surface area contributed by atoms with Crippen molar-refractivity contribution in [2.24, 2.45) is 0 Å². The van der Waals surface area contributed by atoms with E-state index in [9.17, 15) is 20.2 Å². The fourth-order valence-corrected chi connectivity index (χ4v) is 0.659. The van der Waals surface area contributed by atoms with E-state index >= 15 is 0 Å². The van der Waals surface area contributed by atoms with Gasteiger partial charge in [-0.15, -0.1) is 20.2 Å². The Labute approximate surface area is 73.6 Å². The van der Waals surface area contributed by atoms with Crippen LogP contribution in [0.4, 0.5) is 0 Å². The van der Waals surface area contributed by atoms with Crippen LogP contribution in [0.25, 0.3) is 0 Å². The average molecular weight is 194 g/mol. The molecule has 13 heavy (non-hydrogen) atoms. The molecule has 0 bridgehead atoms. The monoisotopic (exact) mass is 194 g/mol. The Morgan fingerprint density at radius 1 is 0.846 bits per heavy atom. The normalized spacial score (nSPS) is 9.23. The first kappa shape index (κ1) is 11.4. The highest BCUT2D eigenvalue weighted by atomic mass is 17.0. The van der Waals surface area contributed by atoms with Gasteiger partial charge in [0.1, 0.15) is 0 Å². The SMILES string of the molecule is O=[N+]([O-])OCCCCCO[N+](=O)[O-]. The van der Waals surface area contributed by atoms with Crippen LogP contribution in [0.2, 0.25) is 0 Å². The van der Waals surface area contributed by atoms with Crippen molar-refractivity contribution in [1.82, 2.24) is 0 Å². The molecule has 0 rings (SSSR count). The van der Waals surface area contributed by atoms with Gasteiger partial charge in [-0.2, -0.15) is 0 Å². The van der Waals surface area contributed by atoms with Crippen LogP contribution in [-0.4, -0.2) is 23.4 Å². The third-order valence-electron chi connectivity index (χ3n) is 1.18. The van der Waals surface area contributed by atoms with Crippen LogP contribution in [0.1, 0.15) is 19.3 Å². The molecule has 0 amide bonds. The Hall–Kier alpha value is -1.60. The summed E-state index contributed by atoms with van der Waals surface area (Å²) < 4.78 is 0. The van der Waals surface area contributed by atoms with E-state index in [4.69, 9.17) is 0 Å². The van der Waals surface area contributed by atoms with Crippen molar-refractivity contribution in [1.29, 1.82) is 0 Å². The zero-order valence-corrected chi connectivity index (χ0v) is 6.88. The summed E-state index contributed by atoms with van der Waals surface area (Å²) in [5.74, 6) is 0. The molecular weight excluding hydrogens is 184 g/mol. The van der Waals surface area contributed by atoms with E-state index in [1.54, 1.807) is 0 Å². The van der Waals surface area contributed by atoms with Gasteiger partial charge in [-0.1, -0.05) is 0 Å². The van der Waals surface area contributed by atoms with Gasteiger partial charge in [0, 0.05) is 0 Å². The molecule has 76 valence electrons. The summed E-state index contributed by atoms with van der Waals surface area (Å²) in [6.45, 7) is 0.0386. The fraction of sp³-hybridized carbons (Fsp3) is 1.00. The zero-order valence-electron chi connectivity index (χ0n) is 6.88. The Morgan fingerprint density at radius 3 is 1.54 bits per heavy atom. The Bertz CT molecular complexity index is 154. The first-order valence-corrected chi connectivity index (χ1v) is 3.67. The molecule has 0 aliphatic rings. The van der Waals surface area contributed by atoms with E-state index in [1.165, 1.54) is 0 Å². The third kappa shape index (κ3) is 10.4. The minimum absolute atomic E-state index is 0.0193. The molecule has 0 aromatic heterocycles. The molecule has 0 heterocycles. The zero-order chi connectivity index (χ0) is 10.1. The molecule has 0 N–H and O–H groups in total. The first-order chi connectivity index (χ1) is 6.13.